The molecule has 0 bridgehead atoms. The number of thiazole rings is 1. The number of nitrogen functional groups attached to an aromatic ring is 1. The number of amides is 1. The number of aryl methyl sites for hydroxylation is 1. The van der Waals surface area contributed by atoms with E-state index in [9.17, 15) is 9.59 Å². The number of carbonyl (C=O) groups is 1. The van der Waals surface area contributed by atoms with Crippen LogP contribution in [0.4, 0.5) is 11.5 Å². The highest BCUT2D eigenvalue weighted by atomic mass is 32.1. The number of nitrogens with one attached hydrogen (secondary N) is 2. The lowest BCUT2D eigenvalue weighted by atomic mass is 10.0. The first-order valence-corrected chi connectivity index (χ1v) is 13.5. The van der Waals surface area contributed by atoms with Crippen molar-refractivity contribution in [1.29, 1.82) is 0 Å². The van der Waals surface area contributed by atoms with Crippen molar-refractivity contribution < 1.29 is 9.53 Å². The molecule has 38 heavy (non-hydrogen) atoms. The normalized spacial score (nSPS) is 14.5. The van der Waals surface area contributed by atoms with E-state index in [2.05, 4.69) is 25.6 Å². The van der Waals surface area contributed by atoms with Crippen molar-refractivity contribution in [3.05, 3.63) is 80.8 Å². The Morgan fingerprint density at radius 2 is 2.03 bits per heavy atom. The summed E-state index contributed by atoms with van der Waals surface area (Å²) < 4.78 is 8.06. The average molecular weight is 546 g/mol. The standard InChI is InChI=1S/C26H23N7O3S2/c1-14-8-30-25(37-14)16-4-2-15(3-5-16)19-12-36-24-23(32-19)26(35)33(13-31-24)11-22(34)29-10-18-6-17-9-28-21(27)7-20(17)38-18/h2-9,13,19,32H,10-12H2,1H3,(H2,27,28)(H,29,34)/t19-/m0/s1. The van der Waals surface area contributed by atoms with Gasteiger partial charge in [-0.3, -0.25) is 14.2 Å². The number of pyridine rings is 1. The molecule has 4 aromatic heterocycles. The van der Waals surface area contributed by atoms with Gasteiger partial charge in [-0.1, -0.05) is 24.3 Å². The maximum Gasteiger partial charge on any atom is 0.281 e. The van der Waals surface area contributed by atoms with Crippen molar-refractivity contribution in [3.63, 3.8) is 0 Å². The topological polar surface area (TPSA) is 137 Å². The number of hydrogen-bond donors (Lipinski definition) is 3. The number of aromatic nitrogens is 4. The second-order valence-corrected chi connectivity index (χ2v) is 11.3. The quantitative estimate of drug-likeness (QED) is 0.294. The van der Waals surface area contributed by atoms with Gasteiger partial charge in [0.25, 0.3) is 5.56 Å². The summed E-state index contributed by atoms with van der Waals surface area (Å²) in [6.45, 7) is 2.54. The SMILES string of the molecule is Cc1cnc(-c2ccc([C@@H]3COc4ncn(CC(=O)NCc5cc6cnc(N)cc6s5)c(=O)c4N3)cc2)s1. The van der Waals surface area contributed by atoms with Crippen molar-refractivity contribution in [2.45, 2.75) is 26.1 Å². The van der Waals surface area contributed by atoms with Gasteiger partial charge in [-0.05, 0) is 24.6 Å². The third-order valence-electron chi connectivity index (χ3n) is 6.14. The lowest BCUT2D eigenvalue weighted by Crippen LogP contribution is -2.36. The van der Waals surface area contributed by atoms with Gasteiger partial charge >= 0.3 is 0 Å². The van der Waals surface area contributed by atoms with Gasteiger partial charge in [0, 0.05) is 37.8 Å². The third-order valence-corrected chi connectivity index (χ3v) is 8.20. The van der Waals surface area contributed by atoms with Crippen molar-refractivity contribution in [3.8, 4) is 16.5 Å². The molecule has 1 aliphatic rings. The molecular weight excluding hydrogens is 522 g/mol. The fraction of sp³-hybridized carbons (Fsp3) is 0.192. The minimum atomic E-state index is -0.367. The molecule has 5 heterocycles. The Morgan fingerprint density at radius 1 is 1.18 bits per heavy atom. The summed E-state index contributed by atoms with van der Waals surface area (Å²) in [6.07, 6.45) is 4.91. The van der Waals surface area contributed by atoms with Gasteiger partial charge in [0.2, 0.25) is 11.8 Å². The average Bonchev–Trinajstić information content (AvgIpc) is 3.54. The van der Waals surface area contributed by atoms with E-state index in [1.807, 2.05) is 49.5 Å². The van der Waals surface area contributed by atoms with Crippen molar-refractivity contribution in [1.82, 2.24) is 24.8 Å². The van der Waals surface area contributed by atoms with Crippen molar-refractivity contribution in [2.75, 3.05) is 17.7 Å². The first kappa shape index (κ1) is 24.1. The molecule has 1 aliphatic heterocycles. The van der Waals surface area contributed by atoms with Gasteiger partial charge in [-0.25, -0.2) is 15.0 Å². The zero-order valence-corrected chi connectivity index (χ0v) is 21.9. The second kappa shape index (κ2) is 9.88. The number of ether oxygens (including phenoxy) is 1. The molecule has 0 radical (unpaired) electrons. The number of nitrogens with zero attached hydrogens (tertiary/aromatic N) is 4. The van der Waals surface area contributed by atoms with Crippen LogP contribution in [0.15, 0.2) is 59.9 Å². The maximum absolute atomic E-state index is 13.2. The van der Waals surface area contributed by atoms with Gasteiger partial charge in [0.15, 0.2) is 5.69 Å². The molecule has 192 valence electrons. The van der Waals surface area contributed by atoms with Gasteiger partial charge < -0.3 is 21.1 Å². The van der Waals surface area contributed by atoms with Crippen LogP contribution in [0.3, 0.4) is 0 Å². The summed E-state index contributed by atoms with van der Waals surface area (Å²) in [5.41, 5.74) is 7.63. The molecule has 6 rings (SSSR count). The summed E-state index contributed by atoms with van der Waals surface area (Å²) in [6, 6.07) is 11.6. The molecule has 0 fully saturated rings. The summed E-state index contributed by atoms with van der Waals surface area (Å²) in [5.74, 6) is 0.387. The number of thiophene rings is 1. The minimum absolute atomic E-state index is 0.160. The number of fused-ring (bicyclic) bond motifs is 2. The van der Waals surface area contributed by atoms with Crippen LogP contribution in [0.1, 0.15) is 21.4 Å². The Bertz CT molecular complexity index is 1710. The Balaban J connectivity index is 1.13. The predicted molar refractivity (Wildman–Crippen MR) is 149 cm³/mol. The molecule has 1 atom stereocenters. The van der Waals surface area contributed by atoms with Crippen LogP contribution < -0.4 is 26.7 Å². The molecule has 1 aromatic carbocycles. The van der Waals surface area contributed by atoms with E-state index in [-0.39, 0.29) is 35.6 Å². The summed E-state index contributed by atoms with van der Waals surface area (Å²) in [4.78, 5) is 40.7. The Hall–Kier alpha value is -4.29. The van der Waals surface area contributed by atoms with E-state index >= 15 is 0 Å². The highest BCUT2D eigenvalue weighted by Crippen LogP contribution is 2.31. The van der Waals surface area contributed by atoms with E-state index in [1.165, 1.54) is 22.2 Å². The smallest absolute Gasteiger partial charge is 0.281 e. The highest BCUT2D eigenvalue weighted by Gasteiger charge is 2.25. The second-order valence-electron chi connectivity index (χ2n) is 8.90. The Kier molecular flexibility index (Phi) is 6.26. The highest BCUT2D eigenvalue weighted by molar-refractivity contribution is 7.19. The lowest BCUT2D eigenvalue weighted by molar-refractivity contribution is -0.121. The molecule has 1 amide bonds. The molecule has 0 spiro atoms. The van der Waals surface area contributed by atoms with Crippen LogP contribution in [0.25, 0.3) is 20.7 Å². The molecule has 0 aliphatic carbocycles. The van der Waals surface area contributed by atoms with Crippen LogP contribution in [0.2, 0.25) is 0 Å². The molecule has 0 saturated heterocycles. The van der Waals surface area contributed by atoms with E-state index in [1.54, 1.807) is 17.5 Å². The van der Waals surface area contributed by atoms with Crippen LogP contribution in [-0.4, -0.2) is 32.0 Å². The number of hydrogen-bond acceptors (Lipinski definition) is 10. The third kappa shape index (κ3) is 4.83. The number of benzene rings is 1. The molecular formula is C26H23N7O3S2. The van der Waals surface area contributed by atoms with Gasteiger partial charge in [0.1, 0.15) is 30.3 Å². The van der Waals surface area contributed by atoms with Gasteiger partial charge in [0.05, 0.1) is 12.6 Å². The van der Waals surface area contributed by atoms with Crippen molar-refractivity contribution >= 4 is 50.2 Å². The molecule has 4 N–H and O–H groups in total. The fourth-order valence-corrected chi connectivity index (χ4v) is 6.00. The van der Waals surface area contributed by atoms with Crippen LogP contribution in [-0.2, 0) is 17.9 Å². The first-order valence-electron chi connectivity index (χ1n) is 11.8. The fourth-order valence-electron chi connectivity index (χ4n) is 4.21. The molecule has 10 nitrogen and oxygen atoms in total. The van der Waals surface area contributed by atoms with Crippen LogP contribution in [0, 0.1) is 6.92 Å². The van der Waals surface area contributed by atoms with E-state index < -0.39 is 0 Å². The Morgan fingerprint density at radius 3 is 2.82 bits per heavy atom. The predicted octanol–water partition coefficient (Wildman–Crippen LogP) is 3.73. The lowest BCUT2D eigenvalue weighted by Gasteiger charge is -2.26. The zero-order chi connectivity index (χ0) is 26.2. The van der Waals surface area contributed by atoms with Crippen LogP contribution in [0.5, 0.6) is 5.88 Å². The molecule has 12 heteroatoms. The first-order chi connectivity index (χ1) is 18.4. The molecule has 5 aromatic rings. The number of carbonyl (C=O) groups excluding carboxylic acids is 1. The number of anilines is 2. The monoisotopic (exact) mass is 545 g/mol. The Labute approximate surface area is 225 Å². The van der Waals surface area contributed by atoms with E-state index in [4.69, 9.17) is 10.5 Å². The van der Waals surface area contributed by atoms with E-state index in [0.717, 1.165) is 36.0 Å². The van der Waals surface area contributed by atoms with E-state index in [0.29, 0.717) is 19.0 Å². The zero-order valence-electron chi connectivity index (χ0n) is 20.3. The maximum atomic E-state index is 13.2. The summed E-state index contributed by atoms with van der Waals surface area (Å²) in [7, 11) is 0. The minimum Gasteiger partial charge on any atom is -0.473 e. The van der Waals surface area contributed by atoms with Crippen molar-refractivity contribution in [2.24, 2.45) is 0 Å². The number of nitrogens with two attached hydrogens (primary N) is 1. The van der Waals surface area contributed by atoms with Crippen LogP contribution >= 0.6 is 22.7 Å². The summed E-state index contributed by atoms with van der Waals surface area (Å²) >= 11 is 3.18. The summed E-state index contributed by atoms with van der Waals surface area (Å²) in [5, 5.41) is 8.05. The van der Waals surface area contributed by atoms with Gasteiger partial charge in [-0.2, -0.15) is 0 Å². The molecule has 0 saturated carbocycles. The largest absolute Gasteiger partial charge is 0.473 e. The number of rotatable bonds is 6. The molecule has 0 unspecified atom stereocenters. The van der Waals surface area contributed by atoms with Gasteiger partial charge in [-0.15, -0.1) is 22.7 Å².